The summed E-state index contributed by atoms with van der Waals surface area (Å²) in [6.45, 7) is 2.96. The molecule has 7 nitrogen and oxygen atoms in total. The van der Waals surface area contributed by atoms with E-state index in [4.69, 9.17) is 0 Å². The number of carboxylic acid groups (broad SMARTS) is 1. The molecule has 1 aromatic carbocycles. The van der Waals surface area contributed by atoms with Crippen molar-refractivity contribution in [1.29, 1.82) is 0 Å². The van der Waals surface area contributed by atoms with Crippen molar-refractivity contribution in [1.82, 2.24) is 5.32 Å². The van der Waals surface area contributed by atoms with Crippen LogP contribution in [0, 0.1) is 0 Å². The summed E-state index contributed by atoms with van der Waals surface area (Å²) in [4.78, 5) is 36.5. The van der Waals surface area contributed by atoms with E-state index in [1.54, 1.807) is 31.2 Å². The summed E-state index contributed by atoms with van der Waals surface area (Å²) in [5.41, 5.74) is -0.309. The number of carbonyl (C=O) groups is 3. The van der Waals surface area contributed by atoms with Gasteiger partial charge in [0, 0.05) is 0 Å². The predicted molar refractivity (Wildman–Crippen MR) is 77.3 cm³/mol. The van der Waals surface area contributed by atoms with Crippen LogP contribution >= 0.6 is 0 Å². The summed E-state index contributed by atoms with van der Waals surface area (Å²) in [6.07, 6.45) is 0.232. The molecule has 0 fully saturated rings. The minimum absolute atomic E-state index is 0.151. The van der Waals surface area contributed by atoms with Gasteiger partial charge >= 0.3 is 12.0 Å². The third-order valence-electron chi connectivity index (χ3n) is 3.58. The van der Waals surface area contributed by atoms with Crippen LogP contribution in [0.15, 0.2) is 24.3 Å². The van der Waals surface area contributed by atoms with Crippen molar-refractivity contribution in [2.24, 2.45) is 0 Å². The van der Waals surface area contributed by atoms with Crippen LogP contribution in [-0.2, 0) is 9.59 Å². The van der Waals surface area contributed by atoms with Gasteiger partial charge in [-0.05, 0) is 25.5 Å². The molecule has 0 saturated heterocycles. The maximum absolute atomic E-state index is 12.4. The molecule has 0 aromatic heterocycles. The number of anilines is 2. The van der Waals surface area contributed by atoms with E-state index in [0.29, 0.717) is 11.4 Å². The number of fused-ring (bicyclic) bond motifs is 1. The van der Waals surface area contributed by atoms with Gasteiger partial charge in [-0.2, -0.15) is 0 Å². The first-order chi connectivity index (χ1) is 9.87. The normalized spacial score (nSPS) is 16.5. The van der Waals surface area contributed by atoms with Crippen molar-refractivity contribution in [2.45, 2.75) is 25.8 Å². The lowest BCUT2D eigenvalue weighted by molar-refractivity contribution is -0.143. The highest BCUT2D eigenvalue weighted by atomic mass is 16.4. The Balaban J connectivity index is 2.28. The molecule has 1 unspecified atom stereocenters. The zero-order chi connectivity index (χ0) is 15.6. The van der Waals surface area contributed by atoms with E-state index in [2.05, 4.69) is 10.6 Å². The number of carbonyl (C=O) groups excluding carboxylic acids is 2. The van der Waals surface area contributed by atoms with E-state index in [-0.39, 0.29) is 18.9 Å². The molecule has 1 aliphatic heterocycles. The fourth-order valence-corrected chi connectivity index (χ4v) is 2.01. The van der Waals surface area contributed by atoms with Crippen molar-refractivity contribution in [3.8, 4) is 0 Å². The molecule has 7 heteroatoms. The topological polar surface area (TPSA) is 98.7 Å². The minimum atomic E-state index is -1.38. The molecular weight excluding hydrogens is 274 g/mol. The number of hydrogen-bond donors (Lipinski definition) is 3. The van der Waals surface area contributed by atoms with Crippen LogP contribution in [0.3, 0.4) is 0 Å². The van der Waals surface area contributed by atoms with Gasteiger partial charge < -0.3 is 15.7 Å². The number of amides is 3. The summed E-state index contributed by atoms with van der Waals surface area (Å²) in [6, 6.07) is 6.26. The highest BCUT2D eigenvalue weighted by molar-refractivity contribution is 6.10. The molecule has 1 aromatic rings. The number of benzene rings is 1. The third kappa shape index (κ3) is 2.81. The molecule has 112 valence electrons. The maximum atomic E-state index is 12.4. The number of aliphatic carboxylic acids is 1. The molecule has 1 aliphatic rings. The second kappa shape index (κ2) is 5.43. The smallest absolute Gasteiger partial charge is 0.329 e. The van der Waals surface area contributed by atoms with Crippen LogP contribution in [0.25, 0.3) is 0 Å². The average Bonchev–Trinajstić information content (AvgIpc) is 2.45. The summed E-state index contributed by atoms with van der Waals surface area (Å²) < 4.78 is 0. The van der Waals surface area contributed by atoms with Gasteiger partial charge in [0.2, 0.25) is 5.91 Å². The number of rotatable bonds is 3. The van der Waals surface area contributed by atoms with Gasteiger partial charge in [0.1, 0.15) is 12.1 Å². The van der Waals surface area contributed by atoms with Gasteiger partial charge in [-0.15, -0.1) is 0 Å². The maximum Gasteiger partial charge on any atom is 0.329 e. The van der Waals surface area contributed by atoms with Crippen LogP contribution in [0.4, 0.5) is 16.2 Å². The lowest BCUT2D eigenvalue weighted by atomic mass is 9.99. The molecule has 21 heavy (non-hydrogen) atoms. The van der Waals surface area contributed by atoms with Crippen molar-refractivity contribution in [3.63, 3.8) is 0 Å². The van der Waals surface area contributed by atoms with Gasteiger partial charge in [0.15, 0.2) is 0 Å². The third-order valence-corrected chi connectivity index (χ3v) is 3.58. The van der Waals surface area contributed by atoms with Crippen molar-refractivity contribution in [2.75, 3.05) is 16.8 Å². The Morgan fingerprint density at radius 2 is 2.10 bits per heavy atom. The first-order valence-electron chi connectivity index (χ1n) is 6.59. The predicted octanol–water partition coefficient (Wildman–Crippen LogP) is 1.41. The molecule has 0 aliphatic carbocycles. The molecule has 0 spiro atoms. The Labute approximate surface area is 121 Å². The molecule has 1 heterocycles. The van der Waals surface area contributed by atoms with Gasteiger partial charge in [-0.25, -0.2) is 9.59 Å². The van der Waals surface area contributed by atoms with Gasteiger partial charge in [0.05, 0.1) is 11.4 Å². The molecule has 0 radical (unpaired) electrons. The molecule has 0 bridgehead atoms. The van der Waals surface area contributed by atoms with E-state index in [0.717, 1.165) is 0 Å². The Bertz CT molecular complexity index is 602. The monoisotopic (exact) mass is 291 g/mol. The van der Waals surface area contributed by atoms with E-state index >= 15 is 0 Å². The molecule has 0 saturated carbocycles. The lowest BCUT2D eigenvalue weighted by Gasteiger charge is -2.33. The molecular formula is C14H17N3O4. The van der Waals surface area contributed by atoms with Gasteiger partial charge in [-0.1, -0.05) is 19.1 Å². The molecule has 3 amide bonds. The standard InChI is InChI=1S/C14H17N3O4/c1-3-14(2,12(19)20)16-13(21)17-8-11(18)15-9-6-4-5-7-10(9)17/h4-7H,3,8H2,1-2H3,(H,15,18)(H,16,21)(H,19,20). The first-order valence-corrected chi connectivity index (χ1v) is 6.59. The fraction of sp³-hybridized carbons (Fsp3) is 0.357. The number of nitrogens with zero attached hydrogens (tertiary/aromatic N) is 1. The molecule has 2 rings (SSSR count). The van der Waals surface area contributed by atoms with Crippen molar-refractivity contribution < 1.29 is 19.5 Å². The number of urea groups is 1. The lowest BCUT2D eigenvalue weighted by Crippen LogP contribution is -2.57. The summed E-state index contributed by atoms with van der Waals surface area (Å²) in [5.74, 6) is -1.44. The van der Waals surface area contributed by atoms with Crippen molar-refractivity contribution >= 4 is 29.3 Å². The van der Waals surface area contributed by atoms with E-state index < -0.39 is 17.5 Å². The zero-order valence-corrected chi connectivity index (χ0v) is 11.8. The van der Waals surface area contributed by atoms with Crippen molar-refractivity contribution in [3.05, 3.63) is 24.3 Å². The first kappa shape index (κ1) is 14.8. The summed E-state index contributed by atoms with van der Waals surface area (Å²) in [5, 5.41) is 14.4. The summed E-state index contributed by atoms with van der Waals surface area (Å²) >= 11 is 0. The van der Waals surface area contributed by atoms with Crippen LogP contribution in [-0.4, -0.2) is 35.1 Å². The second-order valence-corrected chi connectivity index (χ2v) is 5.07. The second-order valence-electron chi connectivity index (χ2n) is 5.07. The average molecular weight is 291 g/mol. The largest absolute Gasteiger partial charge is 0.480 e. The van der Waals surface area contributed by atoms with Gasteiger partial charge in [0.25, 0.3) is 0 Å². The Kier molecular flexibility index (Phi) is 3.84. The van der Waals surface area contributed by atoms with E-state index in [1.807, 2.05) is 0 Å². The number of nitrogens with one attached hydrogen (secondary N) is 2. The Hall–Kier alpha value is -2.57. The van der Waals surface area contributed by atoms with Crippen LogP contribution < -0.4 is 15.5 Å². The Morgan fingerprint density at radius 3 is 2.71 bits per heavy atom. The molecule has 3 N–H and O–H groups in total. The zero-order valence-electron chi connectivity index (χ0n) is 11.8. The number of carboxylic acids is 1. The van der Waals surface area contributed by atoms with Crippen LogP contribution in [0.1, 0.15) is 20.3 Å². The number of para-hydroxylation sites is 2. The summed E-state index contributed by atoms with van der Waals surface area (Å²) in [7, 11) is 0. The quantitative estimate of drug-likeness (QED) is 0.784. The van der Waals surface area contributed by atoms with E-state index in [9.17, 15) is 19.5 Å². The highest BCUT2D eigenvalue weighted by Gasteiger charge is 2.36. The Morgan fingerprint density at radius 1 is 1.43 bits per heavy atom. The SMILES string of the molecule is CCC(C)(NC(=O)N1CC(=O)Nc2ccccc21)C(=O)O. The van der Waals surface area contributed by atoms with Crippen LogP contribution in [0.2, 0.25) is 0 Å². The van der Waals surface area contributed by atoms with Gasteiger partial charge in [-0.3, -0.25) is 9.69 Å². The number of hydrogen-bond acceptors (Lipinski definition) is 3. The molecule has 1 atom stereocenters. The van der Waals surface area contributed by atoms with Crippen LogP contribution in [0.5, 0.6) is 0 Å². The minimum Gasteiger partial charge on any atom is -0.480 e. The highest BCUT2D eigenvalue weighted by Crippen LogP contribution is 2.29. The van der Waals surface area contributed by atoms with E-state index in [1.165, 1.54) is 11.8 Å². The fourth-order valence-electron chi connectivity index (χ4n) is 2.01.